The van der Waals surface area contributed by atoms with Crippen LogP contribution in [0.15, 0.2) is 12.2 Å². The number of aliphatic hydroxyl groups is 1. The van der Waals surface area contributed by atoms with Crippen molar-refractivity contribution in [1.82, 2.24) is 10.2 Å². The molecule has 0 aromatic heterocycles. The van der Waals surface area contributed by atoms with Gasteiger partial charge in [-0.15, -0.1) is 0 Å². The molecule has 0 saturated carbocycles. The predicted molar refractivity (Wildman–Crippen MR) is 82.3 cm³/mol. The lowest BCUT2D eigenvalue weighted by atomic mass is 10.0. The molecule has 2 rings (SSSR count). The number of amides is 3. The van der Waals surface area contributed by atoms with Gasteiger partial charge < -0.3 is 15.2 Å². The van der Waals surface area contributed by atoms with Crippen molar-refractivity contribution in [1.29, 1.82) is 0 Å². The minimum atomic E-state index is -0.674. The number of nitrogens with zero attached hydrogens (tertiary/aromatic N) is 1. The molecule has 0 aliphatic carbocycles. The topological polar surface area (TPSA) is 95.9 Å². The Bertz CT molecular complexity index is 473. The lowest BCUT2D eigenvalue weighted by molar-refractivity contribution is -0.137. The van der Waals surface area contributed by atoms with Crippen LogP contribution in [0.2, 0.25) is 0 Å². The lowest BCUT2D eigenvalue weighted by Crippen LogP contribution is -2.52. The summed E-state index contributed by atoms with van der Waals surface area (Å²) in [5.41, 5.74) is 0. The highest BCUT2D eigenvalue weighted by Crippen LogP contribution is 2.15. The molecular formula is C16H24N2O5. The second-order valence-corrected chi connectivity index (χ2v) is 6.00. The molecule has 7 heteroatoms. The smallest absolute Gasteiger partial charge is 0.253 e. The van der Waals surface area contributed by atoms with E-state index in [-0.39, 0.29) is 29.9 Å². The van der Waals surface area contributed by atoms with Crippen molar-refractivity contribution in [3.8, 4) is 0 Å². The first-order valence-electron chi connectivity index (χ1n) is 8.11. The first-order valence-corrected chi connectivity index (χ1v) is 8.11. The van der Waals surface area contributed by atoms with Crippen molar-refractivity contribution < 1.29 is 24.2 Å². The van der Waals surface area contributed by atoms with E-state index in [1.807, 2.05) is 0 Å². The first kappa shape index (κ1) is 17.6. The summed E-state index contributed by atoms with van der Waals surface area (Å²) in [6, 6.07) is -0.253. The van der Waals surface area contributed by atoms with Gasteiger partial charge in [0.1, 0.15) is 6.10 Å². The van der Waals surface area contributed by atoms with E-state index in [0.29, 0.717) is 38.8 Å². The van der Waals surface area contributed by atoms with E-state index in [2.05, 4.69) is 5.32 Å². The average Bonchev–Trinajstić information content (AvgIpc) is 2.83. The van der Waals surface area contributed by atoms with Crippen LogP contribution in [-0.2, 0) is 19.1 Å². The number of rotatable bonds is 7. The fourth-order valence-electron chi connectivity index (χ4n) is 2.80. The highest BCUT2D eigenvalue weighted by molar-refractivity contribution is 6.12. The van der Waals surface area contributed by atoms with Crippen LogP contribution >= 0.6 is 0 Å². The Morgan fingerprint density at radius 3 is 2.70 bits per heavy atom. The number of aliphatic hydroxyl groups excluding tert-OH is 1. The van der Waals surface area contributed by atoms with Crippen LogP contribution in [0.1, 0.15) is 39.0 Å². The number of carbonyl (C=O) groups excluding carboxylic acids is 3. The maximum Gasteiger partial charge on any atom is 0.253 e. The summed E-state index contributed by atoms with van der Waals surface area (Å²) in [4.78, 5) is 35.8. The minimum absolute atomic E-state index is 0.0851. The largest absolute Gasteiger partial charge is 0.388 e. The van der Waals surface area contributed by atoms with Crippen molar-refractivity contribution in [2.24, 2.45) is 0 Å². The van der Waals surface area contributed by atoms with Gasteiger partial charge >= 0.3 is 0 Å². The summed E-state index contributed by atoms with van der Waals surface area (Å²) in [5, 5.41) is 12.8. The quantitative estimate of drug-likeness (QED) is 0.512. The predicted octanol–water partition coefficient (Wildman–Crippen LogP) is 0.126. The van der Waals surface area contributed by atoms with E-state index >= 15 is 0 Å². The SMILES string of the molecule is CC1OCCC(NC(=O)CCCCCN2C(=O)C=CC2=O)C1O. The van der Waals surface area contributed by atoms with Crippen LogP contribution in [0.3, 0.4) is 0 Å². The van der Waals surface area contributed by atoms with Gasteiger partial charge in [0.05, 0.1) is 12.1 Å². The number of hydrogen-bond donors (Lipinski definition) is 2. The Morgan fingerprint density at radius 1 is 1.30 bits per heavy atom. The zero-order valence-corrected chi connectivity index (χ0v) is 13.4. The highest BCUT2D eigenvalue weighted by atomic mass is 16.5. The van der Waals surface area contributed by atoms with Gasteiger partial charge in [-0.3, -0.25) is 19.3 Å². The average molecular weight is 324 g/mol. The molecule has 0 spiro atoms. The Hall–Kier alpha value is -1.73. The lowest BCUT2D eigenvalue weighted by Gasteiger charge is -2.33. The van der Waals surface area contributed by atoms with Crippen LogP contribution in [0.4, 0.5) is 0 Å². The van der Waals surface area contributed by atoms with E-state index in [1.165, 1.54) is 17.1 Å². The van der Waals surface area contributed by atoms with E-state index in [4.69, 9.17) is 4.74 Å². The molecular weight excluding hydrogens is 300 g/mol. The zero-order valence-electron chi connectivity index (χ0n) is 13.4. The molecule has 3 atom stereocenters. The van der Waals surface area contributed by atoms with Gasteiger partial charge in [-0.1, -0.05) is 6.42 Å². The van der Waals surface area contributed by atoms with Gasteiger partial charge in [0.2, 0.25) is 5.91 Å². The number of unbranched alkanes of at least 4 members (excludes halogenated alkanes) is 2. The Morgan fingerprint density at radius 2 is 2.00 bits per heavy atom. The normalized spacial score (nSPS) is 27.6. The molecule has 2 aliphatic rings. The van der Waals surface area contributed by atoms with Crippen molar-refractivity contribution in [2.45, 2.75) is 57.3 Å². The third kappa shape index (κ3) is 4.87. The fourth-order valence-corrected chi connectivity index (χ4v) is 2.80. The summed E-state index contributed by atoms with van der Waals surface area (Å²) in [5.74, 6) is -0.621. The Labute approximate surface area is 135 Å². The zero-order chi connectivity index (χ0) is 16.8. The van der Waals surface area contributed by atoms with Crippen LogP contribution < -0.4 is 5.32 Å². The molecule has 0 bridgehead atoms. The van der Waals surface area contributed by atoms with Crippen molar-refractivity contribution in [3.63, 3.8) is 0 Å². The van der Waals surface area contributed by atoms with E-state index in [0.717, 1.165) is 6.42 Å². The van der Waals surface area contributed by atoms with Crippen molar-refractivity contribution in [3.05, 3.63) is 12.2 Å². The van der Waals surface area contributed by atoms with Gasteiger partial charge in [-0.25, -0.2) is 0 Å². The maximum absolute atomic E-state index is 11.9. The molecule has 0 radical (unpaired) electrons. The van der Waals surface area contributed by atoms with Crippen LogP contribution in [0, 0.1) is 0 Å². The number of carbonyl (C=O) groups is 3. The third-order valence-electron chi connectivity index (χ3n) is 4.24. The molecule has 3 amide bonds. The summed E-state index contributed by atoms with van der Waals surface area (Å²) >= 11 is 0. The Balaban J connectivity index is 1.58. The number of hydrogen-bond acceptors (Lipinski definition) is 5. The second-order valence-electron chi connectivity index (χ2n) is 6.00. The van der Waals surface area contributed by atoms with Gasteiger partial charge in [0, 0.05) is 31.7 Å². The van der Waals surface area contributed by atoms with Crippen LogP contribution in [0.25, 0.3) is 0 Å². The minimum Gasteiger partial charge on any atom is -0.388 e. The summed E-state index contributed by atoms with van der Waals surface area (Å²) in [7, 11) is 0. The molecule has 0 aromatic carbocycles. The van der Waals surface area contributed by atoms with Crippen LogP contribution in [0.5, 0.6) is 0 Å². The van der Waals surface area contributed by atoms with Gasteiger partial charge in [-0.2, -0.15) is 0 Å². The highest BCUT2D eigenvalue weighted by Gasteiger charge is 2.30. The molecule has 1 saturated heterocycles. The molecule has 3 unspecified atom stereocenters. The number of imide groups is 1. The third-order valence-corrected chi connectivity index (χ3v) is 4.24. The maximum atomic E-state index is 11.9. The molecule has 2 aliphatic heterocycles. The molecule has 128 valence electrons. The number of ether oxygens (including phenoxy) is 1. The standard InChI is InChI=1S/C16H24N2O5/c1-11-16(22)12(8-10-23-11)17-13(19)5-3-2-4-9-18-14(20)6-7-15(18)21/h6-7,11-12,16,22H,2-5,8-10H2,1H3,(H,17,19). The van der Waals surface area contributed by atoms with Gasteiger partial charge in [0.25, 0.3) is 11.8 Å². The molecule has 2 heterocycles. The summed E-state index contributed by atoms with van der Waals surface area (Å²) in [6.07, 6.45) is 4.73. The molecule has 23 heavy (non-hydrogen) atoms. The fraction of sp³-hybridized carbons (Fsp3) is 0.688. The second kappa shape index (κ2) is 8.21. The molecule has 0 aromatic rings. The van der Waals surface area contributed by atoms with Crippen molar-refractivity contribution >= 4 is 17.7 Å². The molecule has 2 N–H and O–H groups in total. The number of nitrogens with one attached hydrogen (secondary N) is 1. The van der Waals surface area contributed by atoms with Gasteiger partial charge in [-0.05, 0) is 26.2 Å². The monoisotopic (exact) mass is 324 g/mol. The summed E-state index contributed by atoms with van der Waals surface area (Å²) < 4.78 is 5.31. The van der Waals surface area contributed by atoms with E-state index < -0.39 is 6.10 Å². The molecule has 1 fully saturated rings. The Kier molecular flexibility index (Phi) is 6.29. The molecule has 7 nitrogen and oxygen atoms in total. The van der Waals surface area contributed by atoms with E-state index in [9.17, 15) is 19.5 Å². The van der Waals surface area contributed by atoms with E-state index in [1.54, 1.807) is 6.92 Å². The first-order chi connectivity index (χ1) is 11.0. The van der Waals surface area contributed by atoms with Crippen molar-refractivity contribution in [2.75, 3.05) is 13.2 Å². The summed E-state index contributed by atoms with van der Waals surface area (Å²) in [6.45, 7) is 2.72. The van der Waals surface area contributed by atoms with Crippen LogP contribution in [-0.4, -0.2) is 59.1 Å². The van der Waals surface area contributed by atoms with Gasteiger partial charge in [0.15, 0.2) is 0 Å².